The first-order chi connectivity index (χ1) is 16.1. The van der Waals surface area contributed by atoms with Crippen molar-refractivity contribution in [2.75, 3.05) is 19.6 Å². The lowest BCUT2D eigenvalue weighted by atomic mass is 9.68. The molecule has 1 amide bonds. The van der Waals surface area contributed by atoms with Gasteiger partial charge in [0.15, 0.2) is 0 Å². The number of nitrogens with zero attached hydrogens (tertiary/aromatic N) is 3. The summed E-state index contributed by atoms with van der Waals surface area (Å²) < 4.78 is 2.36. The van der Waals surface area contributed by atoms with E-state index in [1.807, 2.05) is 0 Å². The first-order valence-corrected chi connectivity index (χ1v) is 13.4. The van der Waals surface area contributed by atoms with Crippen LogP contribution < -0.4 is 0 Å². The molecule has 1 aliphatic carbocycles. The van der Waals surface area contributed by atoms with Gasteiger partial charge in [-0.3, -0.25) is 9.69 Å². The third-order valence-electron chi connectivity index (χ3n) is 8.97. The van der Waals surface area contributed by atoms with Crippen molar-refractivity contribution in [3.8, 4) is 0 Å². The van der Waals surface area contributed by atoms with Crippen molar-refractivity contribution in [1.82, 2.24) is 14.4 Å². The van der Waals surface area contributed by atoms with Gasteiger partial charge in [-0.1, -0.05) is 36.3 Å². The second kappa shape index (κ2) is 8.61. The lowest BCUT2D eigenvalue weighted by Crippen LogP contribution is -2.60. The molecule has 1 aromatic carbocycles. The van der Waals surface area contributed by atoms with Crippen LogP contribution in [0.4, 0.5) is 0 Å². The van der Waals surface area contributed by atoms with Crippen LogP contribution in [0.25, 0.3) is 10.9 Å². The van der Waals surface area contributed by atoms with E-state index in [9.17, 15) is 4.79 Å². The largest absolute Gasteiger partial charge is 0.345 e. The number of aromatic nitrogens is 1. The Kier molecular flexibility index (Phi) is 5.60. The molecule has 2 aromatic rings. The molecule has 0 N–H and O–H groups in total. The van der Waals surface area contributed by atoms with Crippen LogP contribution in [0.1, 0.15) is 70.4 Å². The molecule has 4 unspecified atom stereocenters. The summed E-state index contributed by atoms with van der Waals surface area (Å²) in [6.45, 7) is 7.88. The number of benzene rings is 1. The van der Waals surface area contributed by atoms with Gasteiger partial charge in [-0.2, -0.15) is 0 Å². The molecule has 0 radical (unpaired) electrons. The number of likely N-dealkylation sites (tertiary alicyclic amines) is 1. The molecule has 3 saturated heterocycles. The first kappa shape index (κ1) is 21.5. The number of piperidine rings is 3. The van der Waals surface area contributed by atoms with Crippen molar-refractivity contribution in [1.29, 1.82) is 0 Å². The molecule has 1 aromatic heterocycles. The molecule has 4 nitrogen and oxygen atoms in total. The molecule has 3 aliphatic heterocycles. The van der Waals surface area contributed by atoms with Gasteiger partial charge in [0, 0.05) is 48.7 Å². The predicted molar refractivity (Wildman–Crippen MR) is 134 cm³/mol. The molecule has 33 heavy (non-hydrogen) atoms. The molecule has 176 valence electrons. The minimum atomic E-state index is 0.363. The SMILES string of the molecule is CC(C)n1cc(CCC(=O)N2CCCC3=CC4CC(CN5CCCCC45)C32)c2ccccc21. The third kappa shape index (κ3) is 3.75. The van der Waals surface area contributed by atoms with Gasteiger partial charge in [0.05, 0.1) is 6.04 Å². The van der Waals surface area contributed by atoms with Gasteiger partial charge >= 0.3 is 0 Å². The van der Waals surface area contributed by atoms with E-state index in [2.05, 4.69) is 64.8 Å². The third-order valence-corrected chi connectivity index (χ3v) is 8.97. The summed E-state index contributed by atoms with van der Waals surface area (Å²) in [5.41, 5.74) is 4.20. The Balaban J connectivity index is 1.21. The van der Waals surface area contributed by atoms with E-state index < -0.39 is 0 Å². The maximum absolute atomic E-state index is 13.6. The topological polar surface area (TPSA) is 28.5 Å². The van der Waals surface area contributed by atoms with Gasteiger partial charge in [0.2, 0.25) is 5.91 Å². The quantitative estimate of drug-likeness (QED) is 0.575. The summed E-state index contributed by atoms with van der Waals surface area (Å²) in [7, 11) is 0. The van der Waals surface area contributed by atoms with Crippen molar-refractivity contribution in [2.45, 2.75) is 83.3 Å². The van der Waals surface area contributed by atoms with Crippen LogP contribution in [0.2, 0.25) is 0 Å². The van der Waals surface area contributed by atoms with Crippen LogP contribution in [-0.2, 0) is 11.2 Å². The number of rotatable bonds is 4. The van der Waals surface area contributed by atoms with E-state index >= 15 is 0 Å². The molecule has 4 heterocycles. The Labute approximate surface area is 198 Å². The Hall–Kier alpha value is -2.07. The molecule has 6 rings (SSSR count). The fourth-order valence-corrected chi connectivity index (χ4v) is 7.54. The highest BCUT2D eigenvalue weighted by atomic mass is 16.2. The number of hydrogen-bond donors (Lipinski definition) is 0. The molecule has 4 atom stereocenters. The van der Waals surface area contributed by atoms with E-state index in [-0.39, 0.29) is 0 Å². The summed E-state index contributed by atoms with van der Waals surface area (Å²) in [6.07, 6.45) is 14.1. The van der Waals surface area contributed by atoms with Crippen LogP contribution in [0, 0.1) is 11.8 Å². The standard InChI is InChI=1S/C29H39N3O/c1-20(2)32-19-22(25-9-3-4-11-27(25)32)12-13-28(33)31-15-7-8-21-16-23-17-24(29(21)31)18-30-14-6-5-10-26(23)30/h3-4,9,11,16,19-20,23-24,26,29H,5-8,10,12-15,17-18H2,1-2H3. The number of hydrogen-bond acceptors (Lipinski definition) is 2. The average Bonchev–Trinajstić information content (AvgIpc) is 3.21. The molecule has 0 saturated carbocycles. The van der Waals surface area contributed by atoms with Gasteiger partial charge in [-0.15, -0.1) is 0 Å². The molecule has 0 spiro atoms. The molecule has 2 bridgehead atoms. The lowest BCUT2D eigenvalue weighted by Gasteiger charge is -2.54. The zero-order valence-electron chi connectivity index (χ0n) is 20.4. The fourth-order valence-electron chi connectivity index (χ4n) is 7.54. The highest BCUT2D eigenvalue weighted by Crippen LogP contribution is 2.45. The van der Waals surface area contributed by atoms with Gasteiger partial charge in [0.25, 0.3) is 0 Å². The minimum absolute atomic E-state index is 0.363. The molecule has 3 fully saturated rings. The van der Waals surface area contributed by atoms with E-state index in [1.54, 1.807) is 5.57 Å². The fraction of sp³-hybridized carbons (Fsp3) is 0.621. The maximum atomic E-state index is 13.6. The second-order valence-electron chi connectivity index (χ2n) is 11.3. The normalized spacial score (nSPS) is 29.7. The Morgan fingerprint density at radius 2 is 2.00 bits per heavy atom. The van der Waals surface area contributed by atoms with Gasteiger partial charge in [-0.05, 0) is 82.4 Å². The first-order valence-electron chi connectivity index (χ1n) is 13.4. The summed E-state index contributed by atoms with van der Waals surface area (Å²) in [5, 5.41) is 1.31. The van der Waals surface area contributed by atoms with Crippen LogP contribution in [0.3, 0.4) is 0 Å². The van der Waals surface area contributed by atoms with E-state index in [0.717, 1.165) is 31.3 Å². The summed E-state index contributed by atoms with van der Waals surface area (Å²) >= 11 is 0. The van der Waals surface area contributed by atoms with E-state index in [4.69, 9.17) is 0 Å². The molecular formula is C29H39N3O. The zero-order valence-corrected chi connectivity index (χ0v) is 20.4. The Morgan fingerprint density at radius 3 is 2.88 bits per heavy atom. The maximum Gasteiger partial charge on any atom is 0.223 e. The van der Waals surface area contributed by atoms with Crippen molar-refractivity contribution < 1.29 is 4.79 Å². The Bertz CT molecular complexity index is 1070. The molecule has 4 aliphatic rings. The van der Waals surface area contributed by atoms with Crippen molar-refractivity contribution >= 4 is 16.8 Å². The number of aryl methyl sites for hydroxylation is 1. The number of carbonyl (C=O) groups is 1. The lowest BCUT2D eigenvalue weighted by molar-refractivity contribution is -0.136. The van der Waals surface area contributed by atoms with E-state index in [1.165, 1.54) is 61.7 Å². The number of fused-ring (bicyclic) bond motifs is 7. The highest BCUT2D eigenvalue weighted by molar-refractivity contribution is 5.85. The average molecular weight is 446 g/mol. The van der Waals surface area contributed by atoms with Gasteiger partial charge in [0.1, 0.15) is 0 Å². The van der Waals surface area contributed by atoms with Crippen LogP contribution in [0.5, 0.6) is 0 Å². The highest BCUT2D eigenvalue weighted by Gasteiger charge is 2.46. The van der Waals surface area contributed by atoms with Crippen LogP contribution in [0.15, 0.2) is 42.1 Å². The Morgan fingerprint density at radius 1 is 1.12 bits per heavy atom. The number of carbonyl (C=O) groups excluding carboxylic acids is 1. The minimum Gasteiger partial charge on any atom is -0.345 e. The van der Waals surface area contributed by atoms with Crippen molar-refractivity contribution in [3.63, 3.8) is 0 Å². The molecule has 4 heteroatoms. The van der Waals surface area contributed by atoms with Crippen LogP contribution >= 0.6 is 0 Å². The summed E-state index contributed by atoms with van der Waals surface area (Å²) in [4.78, 5) is 18.7. The monoisotopic (exact) mass is 445 g/mol. The molecular weight excluding hydrogens is 406 g/mol. The predicted octanol–water partition coefficient (Wildman–Crippen LogP) is 5.58. The smallest absolute Gasteiger partial charge is 0.223 e. The number of para-hydroxylation sites is 1. The van der Waals surface area contributed by atoms with Crippen molar-refractivity contribution in [3.05, 3.63) is 47.7 Å². The number of amides is 1. The van der Waals surface area contributed by atoms with E-state index in [0.29, 0.717) is 30.3 Å². The zero-order chi connectivity index (χ0) is 22.5. The second-order valence-corrected chi connectivity index (χ2v) is 11.3. The van der Waals surface area contributed by atoms with Crippen molar-refractivity contribution in [2.24, 2.45) is 11.8 Å². The summed E-state index contributed by atoms with van der Waals surface area (Å²) in [6, 6.07) is 10.2. The van der Waals surface area contributed by atoms with Gasteiger partial charge in [-0.25, -0.2) is 0 Å². The summed E-state index contributed by atoms with van der Waals surface area (Å²) in [5.74, 6) is 1.73. The van der Waals surface area contributed by atoms with Crippen LogP contribution in [-0.4, -0.2) is 52.0 Å². The van der Waals surface area contributed by atoms with Gasteiger partial charge < -0.3 is 9.47 Å².